The molecule has 3 rings (SSSR count). The van der Waals surface area contributed by atoms with Gasteiger partial charge in [0.1, 0.15) is 23.4 Å². The maximum Gasteiger partial charge on any atom is 0.130 e. The minimum atomic E-state index is -0.633. The molecule has 0 aliphatic heterocycles. The van der Waals surface area contributed by atoms with Gasteiger partial charge in [0.05, 0.1) is 12.6 Å². The lowest BCUT2D eigenvalue weighted by atomic mass is 10.0. The van der Waals surface area contributed by atoms with Crippen LogP contribution >= 0.6 is 0 Å². The Balaban J connectivity index is 1.47. The zero-order chi connectivity index (χ0) is 25.2. The third kappa shape index (κ3) is 7.27. The first kappa shape index (κ1) is 26.2. The van der Waals surface area contributed by atoms with Gasteiger partial charge in [0.25, 0.3) is 0 Å². The Morgan fingerprint density at radius 1 is 1.14 bits per heavy atom. The van der Waals surface area contributed by atoms with Crippen molar-refractivity contribution in [1.29, 1.82) is 0 Å². The van der Waals surface area contributed by atoms with E-state index < -0.39 is 17.7 Å². The van der Waals surface area contributed by atoms with Crippen molar-refractivity contribution >= 4 is 16.6 Å². The fraction of sp³-hybridized carbons (Fsp3) is 0.346. The number of hydrogen-bond acceptors (Lipinski definition) is 7. The molecule has 0 aliphatic carbocycles. The van der Waals surface area contributed by atoms with Crippen LogP contribution in [0.4, 0.5) is 8.78 Å². The number of nitrogens with one attached hydrogen (secondary N) is 2. The lowest BCUT2D eigenvalue weighted by molar-refractivity contribution is 0.290. The molecule has 7 nitrogen and oxygen atoms in total. The highest BCUT2D eigenvalue weighted by molar-refractivity contribution is 5.84. The summed E-state index contributed by atoms with van der Waals surface area (Å²) in [5, 5.41) is 10.6. The fourth-order valence-corrected chi connectivity index (χ4v) is 3.87. The summed E-state index contributed by atoms with van der Waals surface area (Å²) >= 11 is 0. The maximum absolute atomic E-state index is 13.4. The van der Waals surface area contributed by atoms with E-state index in [2.05, 4.69) is 39.2 Å². The Morgan fingerprint density at radius 2 is 1.89 bits per heavy atom. The summed E-state index contributed by atoms with van der Waals surface area (Å²) in [4.78, 5) is 18.2. The highest BCUT2D eigenvalue weighted by atomic mass is 19.1. The molecule has 9 heteroatoms. The van der Waals surface area contributed by atoms with E-state index in [0.717, 1.165) is 42.2 Å². The van der Waals surface area contributed by atoms with Gasteiger partial charge in [-0.2, -0.15) is 4.91 Å². The van der Waals surface area contributed by atoms with Crippen molar-refractivity contribution in [2.24, 2.45) is 5.18 Å². The minimum absolute atomic E-state index is 0.390. The van der Waals surface area contributed by atoms with Crippen LogP contribution in [0.1, 0.15) is 24.1 Å². The van der Waals surface area contributed by atoms with Crippen LogP contribution < -0.4 is 15.4 Å². The number of nitrogens with zero attached hydrogens (tertiary/aromatic N) is 3. The zero-order valence-corrected chi connectivity index (χ0v) is 20.1. The maximum atomic E-state index is 13.4. The van der Waals surface area contributed by atoms with Crippen LogP contribution in [0.25, 0.3) is 16.6 Å². The highest BCUT2D eigenvalue weighted by Gasteiger charge is 2.16. The summed E-state index contributed by atoms with van der Waals surface area (Å²) in [6, 6.07) is 10.2. The molecule has 0 saturated carbocycles. The number of benzene rings is 2. The number of methoxy groups -OCH3 is 1. The number of aromatic nitrogens is 1. The van der Waals surface area contributed by atoms with Gasteiger partial charge in [-0.05, 0) is 48.5 Å². The number of pyridine rings is 1. The van der Waals surface area contributed by atoms with Crippen LogP contribution in [0.15, 0.2) is 60.4 Å². The van der Waals surface area contributed by atoms with Gasteiger partial charge in [-0.3, -0.25) is 4.98 Å². The van der Waals surface area contributed by atoms with Crippen molar-refractivity contribution in [3.63, 3.8) is 0 Å². The van der Waals surface area contributed by atoms with Crippen LogP contribution in [0.3, 0.4) is 0 Å². The third-order valence-corrected chi connectivity index (χ3v) is 5.84. The van der Waals surface area contributed by atoms with Gasteiger partial charge in [0.15, 0.2) is 0 Å². The second-order valence-corrected chi connectivity index (χ2v) is 8.11. The van der Waals surface area contributed by atoms with Gasteiger partial charge in [-0.25, -0.2) is 8.78 Å². The largest absolute Gasteiger partial charge is 0.497 e. The molecule has 1 unspecified atom stereocenters. The predicted molar refractivity (Wildman–Crippen MR) is 135 cm³/mol. The second-order valence-electron chi connectivity index (χ2n) is 8.11. The molecule has 0 bridgehead atoms. The quantitative estimate of drug-likeness (QED) is 0.260. The molecule has 1 aromatic heterocycles. The molecular weight excluding hydrogens is 452 g/mol. The lowest BCUT2D eigenvalue weighted by Gasteiger charge is -2.22. The highest BCUT2D eigenvalue weighted by Crippen LogP contribution is 2.28. The summed E-state index contributed by atoms with van der Waals surface area (Å²) in [6.07, 6.45) is 1.68. The number of hydrogen-bond donors (Lipinski definition) is 2. The standard InChI is InChI=1S/C26H31F2N5O2/c1-4-33(12-10-30-18(2)19-13-20(27)15-21(28)14-19)11-9-29-17-26(32-34)23-7-8-31-25-6-5-22(35-3)16-24(23)25/h5-8,13-16,26,29-30H,2,4,9-12,17H2,1,3H3. The Hall–Kier alpha value is -3.43. The summed E-state index contributed by atoms with van der Waals surface area (Å²) in [7, 11) is 1.60. The number of rotatable bonds is 14. The number of fused-ring (bicyclic) bond motifs is 1. The number of nitroso groups, excluding NO2 is 1. The van der Waals surface area contributed by atoms with Crippen LogP contribution in [0, 0.1) is 16.5 Å². The van der Waals surface area contributed by atoms with Gasteiger partial charge in [-0.15, -0.1) is 0 Å². The van der Waals surface area contributed by atoms with Gasteiger partial charge in [0, 0.05) is 61.6 Å². The van der Waals surface area contributed by atoms with E-state index in [1.807, 2.05) is 24.3 Å². The van der Waals surface area contributed by atoms with E-state index in [1.165, 1.54) is 12.1 Å². The Bertz CT molecular complexity index is 1140. The Kier molecular flexibility index (Phi) is 9.63. The van der Waals surface area contributed by atoms with Crippen molar-refractivity contribution in [3.8, 4) is 5.75 Å². The van der Waals surface area contributed by atoms with E-state index in [0.29, 0.717) is 36.6 Å². The molecule has 35 heavy (non-hydrogen) atoms. The monoisotopic (exact) mass is 483 g/mol. The van der Waals surface area contributed by atoms with E-state index in [1.54, 1.807) is 13.3 Å². The van der Waals surface area contributed by atoms with Crippen molar-refractivity contribution in [2.45, 2.75) is 13.0 Å². The average molecular weight is 484 g/mol. The summed E-state index contributed by atoms with van der Waals surface area (Å²) < 4.78 is 32.1. The molecule has 0 spiro atoms. The number of ether oxygens (including phenoxy) is 1. The van der Waals surface area contributed by atoms with Gasteiger partial charge >= 0.3 is 0 Å². The van der Waals surface area contributed by atoms with Crippen LogP contribution in [0.5, 0.6) is 5.75 Å². The van der Waals surface area contributed by atoms with Gasteiger partial charge < -0.3 is 20.3 Å². The molecule has 0 saturated heterocycles. The number of likely N-dealkylation sites (N-methyl/N-ethyl adjacent to an activating group) is 1. The fourth-order valence-electron chi connectivity index (χ4n) is 3.87. The topological polar surface area (TPSA) is 78.9 Å². The van der Waals surface area contributed by atoms with Gasteiger partial charge in [0.2, 0.25) is 0 Å². The molecule has 3 aromatic rings. The first-order valence-corrected chi connectivity index (χ1v) is 11.5. The summed E-state index contributed by atoms with van der Waals surface area (Å²) in [5.74, 6) is -0.570. The molecule has 0 aliphatic rings. The summed E-state index contributed by atoms with van der Waals surface area (Å²) in [5.41, 5.74) is 2.45. The van der Waals surface area contributed by atoms with Crippen molar-refractivity contribution in [3.05, 3.63) is 82.9 Å². The first-order chi connectivity index (χ1) is 16.9. The van der Waals surface area contributed by atoms with E-state index in [4.69, 9.17) is 4.74 Å². The molecule has 1 atom stereocenters. The van der Waals surface area contributed by atoms with Crippen LogP contribution in [-0.4, -0.2) is 56.3 Å². The van der Waals surface area contributed by atoms with E-state index in [-0.39, 0.29) is 0 Å². The Morgan fingerprint density at radius 3 is 2.57 bits per heavy atom. The summed E-state index contributed by atoms with van der Waals surface area (Å²) in [6.45, 7) is 9.88. The lowest BCUT2D eigenvalue weighted by Crippen LogP contribution is -2.37. The molecule has 0 fully saturated rings. The molecule has 0 amide bonds. The molecule has 0 radical (unpaired) electrons. The third-order valence-electron chi connectivity index (χ3n) is 5.84. The average Bonchev–Trinajstić information content (AvgIpc) is 2.86. The van der Waals surface area contributed by atoms with Crippen LogP contribution in [0.2, 0.25) is 0 Å². The molecule has 2 aromatic carbocycles. The van der Waals surface area contributed by atoms with Crippen LogP contribution in [-0.2, 0) is 0 Å². The molecule has 2 N–H and O–H groups in total. The normalized spacial score (nSPS) is 12.0. The van der Waals surface area contributed by atoms with Crippen molar-refractivity contribution in [1.82, 2.24) is 20.5 Å². The predicted octanol–water partition coefficient (Wildman–Crippen LogP) is 4.50. The first-order valence-electron chi connectivity index (χ1n) is 11.5. The van der Waals surface area contributed by atoms with Crippen molar-refractivity contribution < 1.29 is 13.5 Å². The van der Waals surface area contributed by atoms with E-state index in [9.17, 15) is 13.7 Å². The second kappa shape index (κ2) is 12.9. The zero-order valence-electron chi connectivity index (χ0n) is 20.1. The smallest absolute Gasteiger partial charge is 0.130 e. The Labute approximate surface area is 204 Å². The molecular formula is C26H31F2N5O2. The number of halogens is 2. The molecule has 1 heterocycles. The van der Waals surface area contributed by atoms with Crippen molar-refractivity contribution in [2.75, 3.05) is 46.4 Å². The SMILES string of the molecule is C=C(NCCN(CC)CCNCC(N=O)c1ccnc2ccc(OC)cc12)c1cc(F)cc(F)c1. The van der Waals surface area contributed by atoms with E-state index >= 15 is 0 Å². The minimum Gasteiger partial charge on any atom is -0.497 e. The molecule has 186 valence electrons. The van der Waals surface area contributed by atoms with Gasteiger partial charge in [-0.1, -0.05) is 18.7 Å².